The fourth-order valence-electron chi connectivity index (χ4n) is 3.02. The van der Waals surface area contributed by atoms with E-state index in [4.69, 9.17) is 4.74 Å². The van der Waals surface area contributed by atoms with Crippen LogP contribution in [-0.2, 0) is 17.9 Å². The number of hydrogen-bond donors (Lipinski definition) is 2. The van der Waals surface area contributed by atoms with Gasteiger partial charge < -0.3 is 15.4 Å². The third-order valence-electron chi connectivity index (χ3n) is 5.02. The van der Waals surface area contributed by atoms with Crippen LogP contribution in [0.15, 0.2) is 60.0 Å². The van der Waals surface area contributed by atoms with E-state index in [0.717, 1.165) is 28.2 Å². The van der Waals surface area contributed by atoms with Gasteiger partial charge in [-0.05, 0) is 50.1 Å². The van der Waals surface area contributed by atoms with E-state index in [1.165, 1.54) is 6.08 Å². The normalized spacial score (nSPS) is 11.8. The van der Waals surface area contributed by atoms with Crippen LogP contribution in [0.5, 0.6) is 5.75 Å². The summed E-state index contributed by atoms with van der Waals surface area (Å²) in [4.78, 5) is 29.1. The number of ether oxygens (including phenoxy) is 1. The molecule has 3 aromatic rings. The number of amides is 2. The van der Waals surface area contributed by atoms with Crippen LogP contribution in [-0.4, -0.2) is 22.8 Å². The van der Waals surface area contributed by atoms with Gasteiger partial charge in [0.05, 0.1) is 10.7 Å². The number of para-hydroxylation sites is 1. The third-order valence-corrected chi connectivity index (χ3v) is 5.84. The highest BCUT2D eigenvalue weighted by Crippen LogP contribution is 2.21. The Bertz CT molecular complexity index is 1120. The Morgan fingerprint density at radius 1 is 1.18 bits per heavy atom. The maximum Gasteiger partial charge on any atom is 0.251 e. The van der Waals surface area contributed by atoms with Gasteiger partial charge in [0, 0.05) is 35.2 Å². The zero-order chi connectivity index (χ0) is 23.6. The summed E-state index contributed by atoms with van der Waals surface area (Å²) in [5.41, 5.74) is 3.13. The van der Waals surface area contributed by atoms with Crippen LogP contribution in [0.2, 0.25) is 0 Å². The van der Waals surface area contributed by atoms with Gasteiger partial charge in [-0.1, -0.05) is 37.3 Å². The van der Waals surface area contributed by atoms with Crippen molar-refractivity contribution in [3.05, 3.63) is 87.4 Å². The number of benzene rings is 2. The lowest BCUT2D eigenvalue weighted by Crippen LogP contribution is -2.32. The first-order chi connectivity index (χ1) is 15.9. The number of nitrogens with zero attached hydrogens (tertiary/aromatic N) is 1. The average molecular weight is 464 g/mol. The van der Waals surface area contributed by atoms with E-state index < -0.39 is 0 Å². The Hall–Kier alpha value is -3.45. The molecule has 2 aromatic carbocycles. The molecule has 1 atom stereocenters. The van der Waals surface area contributed by atoms with Crippen molar-refractivity contribution in [2.45, 2.75) is 46.4 Å². The summed E-state index contributed by atoms with van der Waals surface area (Å²) in [6.45, 7) is 6.66. The molecule has 0 radical (unpaired) electrons. The van der Waals surface area contributed by atoms with E-state index in [9.17, 15) is 9.59 Å². The van der Waals surface area contributed by atoms with Gasteiger partial charge in [0.1, 0.15) is 12.4 Å². The van der Waals surface area contributed by atoms with Crippen molar-refractivity contribution >= 4 is 29.2 Å². The topological polar surface area (TPSA) is 80.3 Å². The predicted molar refractivity (Wildman–Crippen MR) is 132 cm³/mol. The number of thiazole rings is 1. The number of aromatic nitrogens is 1. The van der Waals surface area contributed by atoms with Gasteiger partial charge in [-0.3, -0.25) is 9.59 Å². The Morgan fingerprint density at radius 3 is 2.76 bits per heavy atom. The number of aryl methyl sites for hydroxylation is 1. The summed E-state index contributed by atoms with van der Waals surface area (Å²) >= 11 is 1.59. The molecule has 0 bridgehead atoms. The standard InChI is InChI=1S/C26H29N3O3S/c1-4-18(2)28-26(31)22-10-7-8-20(14-22)15-27-25(30)13-12-21-9-5-6-11-24(21)32-16-23-17-33-19(3)29-23/h5-14,17-18H,4,15-16H2,1-3H3,(H,27,30)(H,28,31). The largest absolute Gasteiger partial charge is 0.487 e. The molecule has 2 N–H and O–H groups in total. The maximum absolute atomic E-state index is 12.4. The van der Waals surface area contributed by atoms with Gasteiger partial charge in [0.15, 0.2) is 0 Å². The third kappa shape index (κ3) is 7.57. The summed E-state index contributed by atoms with van der Waals surface area (Å²) in [6, 6.07) is 14.9. The van der Waals surface area contributed by atoms with Crippen LogP contribution < -0.4 is 15.4 Å². The first-order valence-corrected chi connectivity index (χ1v) is 11.8. The minimum atomic E-state index is -0.227. The zero-order valence-corrected chi connectivity index (χ0v) is 19.9. The number of carbonyl (C=O) groups is 2. The van der Waals surface area contributed by atoms with Gasteiger partial charge in [0.2, 0.25) is 5.91 Å². The first kappa shape index (κ1) is 24.2. The second-order valence-electron chi connectivity index (χ2n) is 7.72. The molecule has 2 amide bonds. The summed E-state index contributed by atoms with van der Waals surface area (Å²) in [7, 11) is 0. The first-order valence-electron chi connectivity index (χ1n) is 10.9. The van der Waals surface area contributed by atoms with E-state index in [1.54, 1.807) is 29.5 Å². The van der Waals surface area contributed by atoms with Crippen molar-refractivity contribution < 1.29 is 14.3 Å². The fourth-order valence-corrected chi connectivity index (χ4v) is 3.62. The molecule has 0 aliphatic carbocycles. The summed E-state index contributed by atoms with van der Waals surface area (Å²) in [5.74, 6) is 0.350. The molecular weight excluding hydrogens is 434 g/mol. The number of carbonyl (C=O) groups excluding carboxylic acids is 2. The lowest BCUT2D eigenvalue weighted by molar-refractivity contribution is -0.116. The molecule has 0 saturated carbocycles. The summed E-state index contributed by atoms with van der Waals surface area (Å²) in [6.07, 6.45) is 4.08. The van der Waals surface area contributed by atoms with Gasteiger partial charge in [-0.25, -0.2) is 4.98 Å². The Labute approximate surface area is 198 Å². The molecular formula is C26H29N3O3S. The van der Waals surface area contributed by atoms with E-state index in [0.29, 0.717) is 24.5 Å². The molecule has 33 heavy (non-hydrogen) atoms. The average Bonchev–Trinajstić information content (AvgIpc) is 3.25. The molecule has 0 fully saturated rings. The Morgan fingerprint density at radius 2 is 2.00 bits per heavy atom. The monoisotopic (exact) mass is 463 g/mol. The lowest BCUT2D eigenvalue weighted by Gasteiger charge is -2.12. The molecule has 3 rings (SSSR count). The smallest absolute Gasteiger partial charge is 0.251 e. The van der Waals surface area contributed by atoms with E-state index >= 15 is 0 Å². The van der Waals surface area contributed by atoms with Crippen LogP contribution >= 0.6 is 11.3 Å². The lowest BCUT2D eigenvalue weighted by atomic mass is 10.1. The SMILES string of the molecule is CCC(C)NC(=O)c1cccc(CNC(=O)C=Cc2ccccc2OCc2csc(C)n2)c1. The molecule has 1 heterocycles. The van der Waals surface area contributed by atoms with Crippen LogP contribution in [0.3, 0.4) is 0 Å². The highest BCUT2D eigenvalue weighted by Gasteiger charge is 2.09. The Balaban J connectivity index is 1.55. The van der Waals surface area contributed by atoms with E-state index in [-0.39, 0.29) is 17.9 Å². The second kappa shape index (κ2) is 12.0. The molecule has 1 unspecified atom stereocenters. The number of rotatable bonds is 10. The van der Waals surface area contributed by atoms with Gasteiger partial charge in [0.25, 0.3) is 5.91 Å². The molecule has 0 aliphatic heterocycles. The predicted octanol–water partition coefficient (Wildman–Crippen LogP) is 4.89. The molecule has 0 aliphatic rings. The number of nitrogens with one attached hydrogen (secondary N) is 2. The highest BCUT2D eigenvalue weighted by atomic mass is 32.1. The summed E-state index contributed by atoms with van der Waals surface area (Å²) < 4.78 is 5.89. The van der Waals surface area contributed by atoms with Crippen molar-refractivity contribution in [1.29, 1.82) is 0 Å². The number of hydrogen-bond acceptors (Lipinski definition) is 5. The van der Waals surface area contributed by atoms with Crippen LogP contribution in [0, 0.1) is 6.92 Å². The van der Waals surface area contributed by atoms with Gasteiger partial charge in [-0.2, -0.15) is 0 Å². The van der Waals surface area contributed by atoms with Crippen molar-refractivity contribution in [2.75, 3.05) is 0 Å². The van der Waals surface area contributed by atoms with Crippen LogP contribution in [0.1, 0.15) is 52.5 Å². The molecule has 6 nitrogen and oxygen atoms in total. The zero-order valence-electron chi connectivity index (χ0n) is 19.1. The van der Waals surface area contributed by atoms with E-state index in [1.807, 2.05) is 62.5 Å². The molecule has 0 spiro atoms. The van der Waals surface area contributed by atoms with E-state index in [2.05, 4.69) is 15.6 Å². The minimum absolute atomic E-state index is 0.109. The van der Waals surface area contributed by atoms with Gasteiger partial charge >= 0.3 is 0 Å². The van der Waals surface area contributed by atoms with Gasteiger partial charge in [-0.15, -0.1) is 11.3 Å². The van der Waals surface area contributed by atoms with Crippen molar-refractivity contribution in [1.82, 2.24) is 15.6 Å². The highest BCUT2D eigenvalue weighted by molar-refractivity contribution is 7.09. The second-order valence-corrected chi connectivity index (χ2v) is 8.78. The minimum Gasteiger partial charge on any atom is -0.487 e. The van der Waals surface area contributed by atoms with Crippen molar-refractivity contribution in [3.63, 3.8) is 0 Å². The van der Waals surface area contributed by atoms with Crippen molar-refractivity contribution in [2.24, 2.45) is 0 Å². The molecule has 0 saturated heterocycles. The molecule has 172 valence electrons. The quantitative estimate of drug-likeness (QED) is 0.420. The Kier molecular flexibility index (Phi) is 8.78. The van der Waals surface area contributed by atoms with Crippen molar-refractivity contribution in [3.8, 4) is 5.75 Å². The maximum atomic E-state index is 12.4. The fraction of sp³-hybridized carbons (Fsp3) is 0.269. The molecule has 7 heteroatoms. The van der Waals surface area contributed by atoms with Crippen LogP contribution in [0.25, 0.3) is 6.08 Å². The van der Waals surface area contributed by atoms with Crippen LogP contribution in [0.4, 0.5) is 0 Å². The summed E-state index contributed by atoms with van der Waals surface area (Å²) in [5, 5.41) is 8.79. The molecule has 1 aromatic heterocycles.